The van der Waals surface area contributed by atoms with Crippen LogP contribution in [0.4, 0.5) is 0 Å². The van der Waals surface area contributed by atoms with Crippen molar-refractivity contribution in [2.75, 3.05) is 26.2 Å². The fourth-order valence-corrected chi connectivity index (χ4v) is 1.86. The molecule has 2 N–H and O–H groups in total. The highest BCUT2D eigenvalue weighted by atomic mass is 16.3. The first-order chi connectivity index (χ1) is 6.30. The fraction of sp³-hybridized carbons (Fsp3) is 1.00. The quantitative estimate of drug-likeness (QED) is 0.632. The van der Waals surface area contributed by atoms with E-state index < -0.39 is 0 Å². The van der Waals surface area contributed by atoms with E-state index >= 15 is 0 Å². The Morgan fingerprint density at radius 3 is 2.46 bits per heavy atom. The molecule has 78 valence electrons. The number of β-amino-alcohol motifs (C(OH)–C–C–N with tert-alkyl or cyclic N) is 1. The van der Waals surface area contributed by atoms with Crippen molar-refractivity contribution in [2.24, 2.45) is 0 Å². The number of hydrogen-bond donors (Lipinski definition) is 2. The van der Waals surface area contributed by atoms with Crippen LogP contribution >= 0.6 is 0 Å². The van der Waals surface area contributed by atoms with Gasteiger partial charge in [-0.2, -0.15) is 0 Å². The van der Waals surface area contributed by atoms with Gasteiger partial charge in [0, 0.05) is 31.7 Å². The zero-order chi connectivity index (χ0) is 9.68. The minimum atomic E-state index is 0.289. The number of rotatable bonds is 6. The van der Waals surface area contributed by atoms with Gasteiger partial charge < -0.3 is 10.4 Å². The van der Waals surface area contributed by atoms with Gasteiger partial charge in [-0.3, -0.25) is 4.90 Å². The Balaban J connectivity index is 2.06. The first kappa shape index (κ1) is 11.0. The minimum absolute atomic E-state index is 0.289. The summed E-state index contributed by atoms with van der Waals surface area (Å²) in [5.74, 6) is 0. The van der Waals surface area contributed by atoms with Crippen molar-refractivity contribution >= 4 is 0 Å². The van der Waals surface area contributed by atoms with Crippen molar-refractivity contribution in [1.29, 1.82) is 0 Å². The van der Waals surface area contributed by atoms with Crippen LogP contribution in [0, 0.1) is 0 Å². The van der Waals surface area contributed by atoms with Gasteiger partial charge in [0.15, 0.2) is 0 Å². The van der Waals surface area contributed by atoms with Crippen molar-refractivity contribution in [3.05, 3.63) is 0 Å². The minimum Gasteiger partial charge on any atom is -0.395 e. The SMILES string of the molecule is CCC(CC)NC1CN(CCO)C1. The summed E-state index contributed by atoms with van der Waals surface area (Å²) in [6.07, 6.45) is 2.43. The van der Waals surface area contributed by atoms with Gasteiger partial charge >= 0.3 is 0 Å². The molecule has 1 aliphatic heterocycles. The van der Waals surface area contributed by atoms with Gasteiger partial charge in [-0.15, -0.1) is 0 Å². The smallest absolute Gasteiger partial charge is 0.0558 e. The van der Waals surface area contributed by atoms with Crippen molar-refractivity contribution in [3.63, 3.8) is 0 Å². The molecule has 13 heavy (non-hydrogen) atoms. The Morgan fingerprint density at radius 1 is 1.38 bits per heavy atom. The standard InChI is InChI=1S/C10H22N2O/c1-3-9(4-2)11-10-7-12(8-10)5-6-13/h9-11,13H,3-8H2,1-2H3. The van der Waals surface area contributed by atoms with E-state index in [0.717, 1.165) is 19.6 Å². The Hall–Kier alpha value is -0.120. The fourth-order valence-electron chi connectivity index (χ4n) is 1.86. The molecule has 1 rings (SSSR count). The number of likely N-dealkylation sites (tertiary alicyclic amines) is 1. The zero-order valence-electron chi connectivity index (χ0n) is 8.79. The largest absolute Gasteiger partial charge is 0.395 e. The Kier molecular flexibility index (Phi) is 4.70. The normalized spacial score (nSPS) is 19.4. The molecule has 0 aliphatic carbocycles. The third-order valence-corrected chi connectivity index (χ3v) is 2.83. The third kappa shape index (κ3) is 3.25. The lowest BCUT2D eigenvalue weighted by Crippen LogP contribution is -2.60. The Morgan fingerprint density at radius 2 is 2.00 bits per heavy atom. The van der Waals surface area contributed by atoms with Gasteiger partial charge in [-0.1, -0.05) is 13.8 Å². The summed E-state index contributed by atoms with van der Waals surface area (Å²) in [6.45, 7) is 7.80. The topological polar surface area (TPSA) is 35.5 Å². The lowest BCUT2D eigenvalue weighted by Gasteiger charge is -2.41. The molecule has 1 heterocycles. The van der Waals surface area contributed by atoms with Crippen LogP contribution < -0.4 is 5.32 Å². The molecule has 0 saturated carbocycles. The van der Waals surface area contributed by atoms with Crippen LogP contribution in [-0.2, 0) is 0 Å². The van der Waals surface area contributed by atoms with Gasteiger partial charge in [0.2, 0.25) is 0 Å². The molecule has 0 radical (unpaired) electrons. The van der Waals surface area contributed by atoms with Crippen LogP contribution in [0.2, 0.25) is 0 Å². The van der Waals surface area contributed by atoms with Gasteiger partial charge in [-0.05, 0) is 12.8 Å². The summed E-state index contributed by atoms with van der Waals surface area (Å²) in [4.78, 5) is 2.28. The van der Waals surface area contributed by atoms with Crippen molar-refractivity contribution < 1.29 is 5.11 Å². The second kappa shape index (κ2) is 5.58. The lowest BCUT2D eigenvalue weighted by atomic mass is 10.1. The van der Waals surface area contributed by atoms with Crippen LogP contribution in [-0.4, -0.2) is 48.3 Å². The molecular weight excluding hydrogens is 164 g/mol. The molecule has 1 aliphatic rings. The molecule has 0 amide bonds. The average Bonchev–Trinajstić information content (AvgIpc) is 2.09. The van der Waals surface area contributed by atoms with Crippen molar-refractivity contribution in [1.82, 2.24) is 10.2 Å². The van der Waals surface area contributed by atoms with E-state index in [1.165, 1.54) is 12.8 Å². The first-order valence-electron chi connectivity index (χ1n) is 5.39. The van der Waals surface area contributed by atoms with Gasteiger partial charge in [0.1, 0.15) is 0 Å². The second-order valence-electron chi connectivity index (χ2n) is 3.86. The van der Waals surface area contributed by atoms with E-state index in [-0.39, 0.29) is 6.61 Å². The molecule has 0 spiro atoms. The molecule has 3 heteroatoms. The molecular formula is C10H22N2O. The van der Waals surface area contributed by atoms with E-state index in [4.69, 9.17) is 5.11 Å². The van der Waals surface area contributed by atoms with Crippen molar-refractivity contribution in [2.45, 2.75) is 38.8 Å². The maximum absolute atomic E-state index is 8.70. The van der Waals surface area contributed by atoms with E-state index in [0.29, 0.717) is 12.1 Å². The molecule has 1 saturated heterocycles. The number of hydrogen-bond acceptors (Lipinski definition) is 3. The second-order valence-corrected chi connectivity index (χ2v) is 3.86. The Labute approximate surface area is 81.1 Å². The lowest BCUT2D eigenvalue weighted by molar-refractivity contribution is 0.0926. The number of nitrogens with zero attached hydrogens (tertiary/aromatic N) is 1. The summed E-state index contributed by atoms with van der Waals surface area (Å²) >= 11 is 0. The van der Waals surface area contributed by atoms with Gasteiger partial charge in [0.25, 0.3) is 0 Å². The summed E-state index contributed by atoms with van der Waals surface area (Å²) < 4.78 is 0. The predicted octanol–water partition coefficient (Wildman–Crippen LogP) is 0.441. The van der Waals surface area contributed by atoms with Crippen LogP contribution in [0.25, 0.3) is 0 Å². The van der Waals surface area contributed by atoms with E-state index in [9.17, 15) is 0 Å². The molecule has 0 unspecified atom stereocenters. The van der Waals surface area contributed by atoms with Crippen LogP contribution in [0.3, 0.4) is 0 Å². The number of nitrogens with one attached hydrogen (secondary N) is 1. The maximum atomic E-state index is 8.70. The molecule has 0 aromatic heterocycles. The summed E-state index contributed by atoms with van der Waals surface area (Å²) in [5.41, 5.74) is 0. The van der Waals surface area contributed by atoms with Gasteiger partial charge in [0.05, 0.1) is 6.61 Å². The molecule has 0 aromatic rings. The summed E-state index contributed by atoms with van der Waals surface area (Å²) in [7, 11) is 0. The van der Waals surface area contributed by atoms with Crippen LogP contribution in [0.1, 0.15) is 26.7 Å². The van der Waals surface area contributed by atoms with E-state index in [1.54, 1.807) is 0 Å². The monoisotopic (exact) mass is 186 g/mol. The van der Waals surface area contributed by atoms with Gasteiger partial charge in [-0.25, -0.2) is 0 Å². The van der Waals surface area contributed by atoms with Crippen LogP contribution in [0.15, 0.2) is 0 Å². The van der Waals surface area contributed by atoms with E-state index in [1.807, 2.05) is 0 Å². The van der Waals surface area contributed by atoms with Crippen LogP contribution in [0.5, 0.6) is 0 Å². The third-order valence-electron chi connectivity index (χ3n) is 2.83. The highest BCUT2D eigenvalue weighted by Gasteiger charge is 2.26. The highest BCUT2D eigenvalue weighted by molar-refractivity contribution is 4.87. The number of aliphatic hydroxyl groups is 1. The molecule has 1 fully saturated rings. The van der Waals surface area contributed by atoms with Crippen molar-refractivity contribution in [3.8, 4) is 0 Å². The van der Waals surface area contributed by atoms with E-state index in [2.05, 4.69) is 24.1 Å². The number of aliphatic hydroxyl groups excluding tert-OH is 1. The summed E-state index contributed by atoms with van der Waals surface area (Å²) in [6, 6.07) is 1.35. The molecule has 0 atom stereocenters. The summed E-state index contributed by atoms with van der Waals surface area (Å²) in [5, 5.41) is 12.3. The predicted molar refractivity (Wildman–Crippen MR) is 54.8 cm³/mol. The molecule has 0 bridgehead atoms. The molecule has 0 aromatic carbocycles. The first-order valence-corrected chi connectivity index (χ1v) is 5.39. The zero-order valence-corrected chi connectivity index (χ0v) is 8.79. The maximum Gasteiger partial charge on any atom is 0.0558 e. The average molecular weight is 186 g/mol. The molecule has 3 nitrogen and oxygen atoms in total. The highest BCUT2D eigenvalue weighted by Crippen LogP contribution is 2.09. The Bertz CT molecular complexity index is 131.